The van der Waals surface area contributed by atoms with E-state index in [4.69, 9.17) is 4.74 Å². The van der Waals surface area contributed by atoms with Crippen LogP contribution in [0.2, 0.25) is 0 Å². The van der Waals surface area contributed by atoms with E-state index >= 15 is 0 Å². The lowest BCUT2D eigenvalue weighted by Gasteiger charge is -2.48. The molecule has 23 heavy (non-hydrogen) atoms. The van der Waals surface area contributed by atoms with Gasteiger partial charge in [0.1, 0.15) is 0 Å². The topological polar surface area (TPSA) is 80.5 Å². The van der Waals surface area contributed by atoms with Crippen LogP contribution in [0.15, 0.2) is 18.3 Å². The van der Waals surface area contributed by atoms with Gasteiger partial charge in [-0.3, -0.25) is 15.0 Å². The largest absolute Gasteiger partial charge is 0.379 e. The number of hydrogen-bond acceptors (Lipinski definition) is 6. The first-order valence-electron chi connectivity index (χ1n) is 8.37. The van der Waals surface area contributed by atoms with Crippen molar-refractivity contribution in [3.8, 4) is 0 Å². The molecule has 1 aliphatic carbocycles. The van der Waals surface area contributed by atoms with Crippen molar-refractivity contribution in [2.24, 2.45) is 0 Å². The number of nitrogens with one attached hydrogen (secondary N) is 1. The lowest BCUT2D eigenvalue weighted by atomic mass is 9.79. The lowest BCUT2D eigenvalue weighted by Crippen LogP contribution is -2.58. The van der Waals surface area contributed by atoms with Crippen LogP contribution in [0.4, 0.5) is 11.5 Å². The van der Waals surface area contributed by atoms with Crippen LogP contribution in [0.3, 0.4) is 0 Å². The third-order valence-corrected chi connectivity index (χ3v) is 5.03. The summed E-state index contributed by atoms with van der Waals surface area (Å²) in [4.78, 5) is 17.5. The molecule has 7 heteroatoms. The summed E-state index contributed by atoms with van der Waals surface area (Å²) in [5.74, 6) is 0.371. The van der Waals surface area contributed by atoms with Gasteiger partial charge in [0.15, 0.2) is 0 Å². The van der Waals surface area contributed by atoms with Gasteiger partial charge in [-0.1, -0.05) is 19.3 Å². The van der Waals surface area contributed by atoms with Crippen LogP contribution in [0, 0.1) is 10.1 Å². The lowest BCUT2D eigenvalue weighted by molar-refractivity contribution is -0.384. The standard InChI is InChI=1S/C16H24N4O3/c21-20(22)14-5-4-8-17-15(14)18-13-16(6-2-1-3-7-16)19-9-11-23-12-10-19/h4-5,8H,1-3,6-7,9-13H2,(H,17,18). The molecule has 2 heterocycles. The Bertz CT molecular complexity index is 540. The van der Waals surface area contributed by atoms with Crippen molar-refractivity contribution < 1.29 is 9.66 Å². The Morgan fingerprint density at radius 1 is 1.30 bits per heavy atom. The van der Waals surface area contributed by atoms with E-state index in [2.05, 4.69) is 15.2 Å². The van der Waals surface area contributed by atoms with Gasteiger partial charge in [0.05, 0.1) is 18.1 Å². The first-order chi connectivity index (χ1) is 11.2. The molecule has 0 spiro atoms. The number of hydrogen-bond donors (Lipinski definition) is 1. The molecule has 0 atom stereocenters. The molecule has 7 nitrogen and oxygen atoms in total. The molecule has 0 amide bonds. The van der Waals surface area contributed by atoms with E-state index in [1.165, 1.54) is 25.3 Å². The fraction of sp³-hybridized carbons (Fsp3) is 0.688. The average Bonchev–Trinajstić information content (AvgIpc) is 2.62. The molecule has 1 aliphatic heterocycles. The van der Waals surface area contributed by atoms with Crippen LogP contribution >= 0.6 is 0 Å². The quantitative estimate of drug-likeness (QED) is 0.663. The minimum atomic E-state index is -0.377. The summed E-state index contributed by atoms with van der Waals surface area (Å²) in [6.07, 6.45) is 7.54. The summed E-state index contributed by atoms with van der Waals surface area (Å²) in [5.41, 5.74) is 0.105. The molecule has 1 saturated heterocycles. The maximum absolute atomic E-state index is 11.2. The summed E-state index contributed by atoms with van der Waals surface area (Å²) in [7, 11) is 0. The van der Waals surface area contributed by atoms with Gasteiger partial charge in [0, 0.05) is 37.4 Å². The fourth-order valence-corrected chi connectivity index (χ4v) is 3.78. The summed E-state index contributed by atoms with van der Waals surface area (Å²) >= 11 is 0. The summed E-state index contributed by atoms with van der Waals surface area (Å²) < 4.78 is 5.49. The fourth-order valence-electron chi connectivity index (χ4n) is 3.78. The van der Waals surface area contributed by atoms with Crippen molar-refractivity contribution in [3.05, 3.63) is 28.4 Å². The monoisotopic (exact) mass is 320 g/mol. The second-order valence-corrected chi connectivity index (χ2v) is 6.37. The zero-order chi connectivity index (χ0) is 16.1. The molecule has 126 valence electrons. The first kappa shape index (κ1) is 16.1. The number of rotatable bonds is 5. The van der Waals surface area contributed by atoms with Crippen LogP contribution in [0.5, 0.6) is 0 Å². The maximum Gasteiger partial charge on any atom is 0.311 e. The van der Waals surface area contributed by atoms with E-state index in [-0.39, 0.29) is 16.1 Å². The van der Waals surface area contributed by atoms with Gasteiger partial charge in [0.2, 0.25) is 5.82 Å². The highest BCUT2D eigenvalue weighted by atomic mass is 16.6. The van der Waals surface area contributed by atoms with E-state index < -0.39 is 0 Å². The van der Waals surface area contributed by atoms with Crippen molar-refractivity contribution in [2.45, 2.75) is 37.6 Å². The minimum absolute atomic E-state index is 0.0421. The summed E-state index contributed by atoms with van der Waals surface area (Å²) in [5, 5.41) is 14.4. The van der Waals surface area contributed by atoms with Crippen LogP contribution in [-0.2, 0) is 4.74 Å². The number of morpholine rings is 1. The molecule has 1 saturated carbocycles. The van der Waals surface area contributed by atoms with Crippen LogP contribution in [-0.4, -0.2) is 53.2 Å². The number of aromatic nitrogens is 1. The van der Waals surface area contributed by atoms with Crippen LogP contribution in [0.25, 0.3) is 0 Å². The predicted molar refractivity (Wildman–Crippen MR) is 87.6 cm³/mol. The van der Waals surface area contributed by atoms with Gasteiger partial charge in [-0.05, 0) is 18.9 Å². The number of pyridine rings is 1. The molecule has 1 aromatic heterocycles. The molecule has 0 bridgehead atoms. The summed E-state index contributed by atoms with van der Waals surface area (Å²) in [6.45, 7) is 4.11. The van der Waals surface area contributed by atoms with Gasteiger partial charge in [-0.25, -0.2) is 4.98 Å². The minimum Gasteiger partial charge on any atom is -0.379 e. The third kappa shape index (κ3) is 3.61. The van der Waals surface area contributed by atoms with E-state index in [0.717, 1.165) is 39.1 Å². The molecule has 1 aromatic rings. The van der Waals surface area contributed by atoms with Crippen molar-refractivity contribution >= 4 is 11.5 Å². The average molecular weight is 320 g/mol. The molecule has 0 radical (unpaired) electrons. The zero-order valence-corrected chi connectivity index (χ0v) is 13.4. The molecule has 2 fully saturated rings. The van der Waals surface area contributed by atoms with Gasteiger partial charge >= 0.3 is 5.69 Å². The van der Waals surface area contributed by atoms with Gasteiger partial charge in [-0.15, -0.1) is 0 Å². The van der Waals surface area contributed by atoms with Crippen molar-refractivity contribution in [1.29, 1.82) is 0 Å². The normalized spacial score (nSPS) is 21.7. The highest BCUT2D eigenvalue weighted by Crippen LogP contribution is 2.35. The van der Waals surface area contributed by atoms with Crippen molar-refractivity contribution in [1.82, 2.24) is 9.88 Å². The number of anilines is 1. The molecule has 3 rings (SSSR count). The highest BCUT2D eigenvalue weighted by molar-refractivity contribution is 5.55. The molecular formula is C16H24N4O3. The van der Waals surface area contributed by atoms with E-state index in [0.29, 0.717) is 12.4 Å². The van der Waals surface area contributed by atoms with Crippen LogP contribution in [0.1, 0.15) is 32.1 Å². The second kappa shape index (κ2) is 7.23. The number of nitrogens with zero attached hydrogens (tertiary/aromatic N) is 3. The maximum atomic E-state index is 11.2. The van der Waals surface area contributed by atoms with Gasteiger partial charge in [-0.2, -0.15) is 0 Å². The highest BCUT2D eigenvalue weighted by Gasteiger charge is 2.38. The predicted octanol–water partition coefficient (Wildman–Crippen LogP) is 2.44. The smallest absolute Gasteiger partial charge is 0.311 e. The Hall–Kier alpha value is -1.73. The van der Waals surface area contributed by atoms with Gasteiger partial charge in [0.25, 0.3) is 0 Å². The SMILES string of the molecule is O=[N+]([O-])c1cccnc1NCC1(N2CCOCC2)CCCCC1. The molecule has 0 unspecified atom stereocenters. The van der Waals surface area contributed by atoms with E-state index in [1.54, 1.807) is 12.3 Å². The molecule has 0 aromatic carbocycles. The Kier molecular flexibility index (Phi) is 5.07. The van der Waals surface area contributed by atoms with Crippen molar-refractivity contribution in [2.75, 3.05) is 38.2 Å². The van der Waals surface area contributed by atoms with Crippen molar-refractivity contribution in [3.63, 3.8) is 0 Å². The Labute approximate surface area is 136 Å². The third-order valence-electron chi connectivity index (χ3n) is 5.03. The van der Waals surface area contributed by atoms with E-state index in [9.17, 15) is 10.1 Å². The molecule has 2 aliphatic rings. The Morgan fingerprint density at radius 3 is 2.74 bits per heavy atom. The van der Waals surface area contributed by atoms with Gasteiger partial charge < -0.3 is 10.1 Å². The number of nitro groups is 1. The first-order valence-corrected chi connectivity index (χ1v) is 8.37. The summed E-state index contributed by atoms with van der Waals surface area (Å²) in [6, 6.07) is 3.10. The molecule has 1 N–H and O–H groups in total. The number of ether oxygens (including phenoxy) is 1. The molecular weight excluding hydrogens is 296 g/mol. The Morgan fingerprint density at radius 2 is 2.04 bits per heavy atom. The Balaban J connectivity index is 1.75. The second-order valence-electron chi connectivity index (χ2n) is 6.37. The van der Waals surface area contributed by atoms with E-state index in [1.807, 2.05) is 0 Å². The van der Waals surface area contributed by atoms with Crippen LogP contribution < -0.4 is 5.32 Å². The zero-order valence-electron chi connectivity index (χ0n) is 13.4.